The summed E-state index contributed by atoms with van der Waals surface area (Å²) in [7, 11) is 1.96. The van der Waals surface area contributed by atoms with Gasteiger partial charge in [-0.25, -0.2) is 0 Å². The lowest BCUT2D eigenvalue weighted by Gasteiger charge is -2.28. The summed E-state index contributed by atoms with van der Waals surface area (Å²) in [5.41, 5.74) is 0.245. The van der Waals surface area contributed by atoms with Crippen LogP contribution in [0.4, 0.5) is 0 Å². The molecule has 2 fully saturated rings. The van der Waals surface area contributed by atoms with E-state index in [4.69, 9.17) is 0 Å². The van der Waals surface area contributed by atoms with Crippen molar-refractivity contribution in [1.82, 2.24) is 9.80 Å². The fourth-order valence-corrected chi connectivity index (χ4v) is 3.39. The van der Waals surface area contributed by atoms with Crippen molar-refractivity contribution in [2.24, 2.45) is 5.41 Å². The summed E-state index contributed by atoms with van der Waals surface area (Å²) in [6.07, 6.45) is 5.58. The van der Waals surface area contributed by atoms with Gasteiger partial charge in [0, 0.05) is 26.1 Å². The highest BCUT2D eigenvalue weighted by Crippen LogP contribution is 2.49. The molecule has 0 aromatic heterocycles. The quantitative estimate of drug-likeness (QED) is 0.747. The molecule has 1 heterocycles. The van der Waals surface area contributed by atoms with Crippen LogP contribution in [0.1, 0.15) is 39.0 Å². The molecule has 2 aliphatic rings. The number of likely N-dealkylation sites (N-methyl/N-ethyl adjacent to an activating group) is 2. The Labute approximate surface area is 116 Å². The SMILES string of the molecule is CCN1CCCC1CN(C)C(=O)CC1(CS)CC1. The maximum Gasteiger partial charge on any atom is 0.222 e. The third kappa shape index (κ3) is 3.21. The van der Waals surface area contributed by atoms with Crippen molar-refractivity contribution in [2.75, 3.05) is 32.4 Å². The maximum atomic E-state index is 12.2. The summed E-state index contributed by atoms with van der Waals surface area (Å²) in [5, 5.41) is 0. The molecule has 1 saturated carbocycles. The molecule has 1 saturated heterocycles. The summed E-state index contributed by atoms with van der Waals surface area (Å²) in [6, 6.07) is 0.579. The van der Waals surface area contributed by atoms with E-state index in [-0.39, 0.29) is 5.41 Å². The van der Waals surface area contributed by atoms with Gasteiger partial charge < -0.3 is 4.90 Å². The molecule has 1 unspecified atom stereocenters. The number of nitrogens with zero attached hydrogens (tertiary/aromatic N) is 2. The minimum absolute atomic E-state index is 0.245. The van der Waals surface area contributed by atoms with E-state index in [9.17, 15) is 4.79 Å². The van der Waals surface area contributed by atoms with Crippen molar-refractivity contribution in [3.8, 4) is 0 Å². The molecule has 1 atom stereocenters. The Hall–Kier alpha value is -0.220. The third-order valence-corrected chi connectivity index (χ3v) is 5.31. The fourth-order valence-electron chi connectivity index (χ4n) is 2.96. The van der Waals surface area contributed by atoms with Crippen molar-refractivity contribution in [2.45, 2.75) is 45.1 Å². The van der Waals surface area contributed by atoms with Gasteiger partial charge in [-0.1, -0.05) is 6.92 Å². The minimum atomic E-state index is 0.245. The molecular weight excluding hydrogens is 244 g/mol. The number of hydrogen-bond acceptors (Lipinski definition) is 3. The summed E-state index contributed by atoms with van der Waals surface area (Å²) < 4.78 is 0. The lowest BCUT2D eigenvalue weighted by atomic mass is 10.0. The van der Waals surface area contributed by atoms with Crippen LogP contribution in [0.15, 0.2) is 0 Å². The van der Waals surface area contributed by atoms with E-state index in [1.807, 2.05) is 11.9 Å². The predicted octanol–water partition coefficient (Wildman–Crippen LogP) is 2.03. The lowest BCUT2D eigenvalue weighted by molar-refractivity contribution is -0.131. The molecule has 3 nitrogen and oxygen atoms in total. The number of amides is 1. The van der Waals surface area contributed by atoms with Crippen LogP contribution in [0, 0.1) is 5.41 Å². The van der Waals surface area contributed by atoms with Gasteiger partial charge in [0.15, 0.2) is 0 Å². The number of likely N-dealkylation sites (tertiary alicyclic amines) is 1. The van der Waals surface area contributed by atoms with Crippen LogP contribution in [0.3, 0.4) is 0 Å². The smallest absolute Gasteiger partial charge is 0.222 e. The molecule has 4 heteroatoms. The zero-order chi connectivity index (χ0) is 13.2. The van der Waals surface area contributed by atoms with Gasteiger partial charge in [0.2, 0.25) is 5.91 Å². The molecule has 1 amide bonds. The molecule has 0 spiro atoms. The summed E-state index contributed by atoms with van der Waals surface area (Å²) in [4.78, 5) is 16.7. The van der Waals surface area contributed by atoms with Crippen molar-refractivity contribution in [1.29, 1.82) is 0 Å². The predicted molar refractivity (Wildman–Crippen MR) is 78.0 cm³/mol. The summed E-state index contributed by atoms with van der Waals surface area (Å²) in [5.74, 6) is 1.17. The second-order valence-electron chi connectivity index (χ2n) is 6.03. The molecule has 0 radical (unpaired) electrons. The summed E-state index contributed by atoms with van der Waals surface area (Å²) >= 11 is 4.37. The second-order valence-corrected chi connectivity index (χ2v) is 6.35. The largest absolute Gasteiger partial charge is 0.344 e. The molecular formula is C14H26N2OS. The van der Waals surface area contributed by atoms with Gasteiger partial charge in [-0.3, -0.25) is 9.69 Å². The first-order chi connectivity index (χ1) is 8.60. The van der Waals surface area contributed by atoms with Crippen LogP contribution in [0.2, 0.25) is 0 Å². The van der Waals surface area contributed by atoms with Crippen LogP contribution < -0.4 is 0 Å². The highest BCUT2D eigenvalue weighted by molar-refractivity contribution is 7.80. The first-order valence-corrected chi connectivity index (χ1v) is 7.82. The molecule has 1 aliphatic heterocycles. The van der Waals surface area contributed by atoms with Crippen molar-refractivity contribution >= 4 is 18.5 Å². The van der Waals surface area contributed by atoms with E-state index in [0.717, 1.165) is 18.8 Å². The highest BCUT2D eigenvalue weighted by atomic mass is 32.1. The van der Waals surface area contributed by atoms with E-state index in [1.165, 1.54) is 32.2 Å². The van der Waals surface area contributed by atoms with Crippen LogP contribution in [0.25, 0.3) is 0 Å². The van der Waals surface area contributed by atoms with Crippen LogP contribution >= 0.6 is 12.6 Å². The van der Waals surface area contributed by atoms with E-state index >= 15 is 0 Å². The zero-order valence-corrected chi connectivity index (χ0v) is 12.6. The number of carbonyl (C=O) groups is 1. The van der Waals surface area contributed by atoms with Gasteiger partial charge >= 0.3 is 0 Å². The molecule has 2 rings (SSSR count). The Morgan fingerprint density at radius 2 is 2.22 bits per heavy atom. The van der Waals surface area contributed by atoms with E-state index < -0.39 is 0 Å². The molecule has 0 bridgehead atoms. The van der Waals surface area contributed by atoms with Crippen molar-refractivity contribution < 1.29 is 4.79 Å². The average molecular weight is 270 g/mol. The Balaban J connectivity index is 1.80. The highest BCUT2D eigenvalue weighted by Gasteiger charge is 2.43. The van der Waals surface area contributed by atoms with Gasteiger partial charge in [0.1, 0.15) is 0 Å². The average Bonchev–Trinajstić information content (AvgIpc) is 3.00. The number of rotatable bonds is 6. The number of hydrogen-bond donors (Lipinski definition) is 1. The van der Waals surface area contributed by atoms with Gasteiger partial charge in [0.25, 0.3) is 0 Å². The molecule has 1 aliphatic carbocycles. The first kappa shape index (κ1) is 14.2. The van der Waals surface area contributed by atoms with Crippen molar-refractivity contribution in [3.05, 3.63) is 0 Å². The minimum Gasteiger partial charge on any atom is -0.344 e. The number of carbonyl (C=O) groups excluding carboxylic acids is 1. The van der Waals surface area contributed by atoms with Gasteiger partial charge in [0.05, 0.1) is 0 Å². The van der Waals surface area contributed by atoms with E-state index in [1.54, 1.807) is 0 Å². The van der Waals surface area contributed by atoms with Crippen molar-refractivity contribution in [3.63, 3.8) is 0 Å². The monoisotopic (exact) mass is 270 g/mol. The molecule has 0 aromatic rings. The topological polar surface area (TPSA) is 23.6 Å². The van der Waals surface area contributed by atoms with Gasteiger partial charge in [-0.05, 0) is 49.9 Å². The Kier molecular flexibility index (Phi) is 4.59. The lowest BCUT2D eigenvalue weighted by Crippen LogP contribution is -2.41. The second kappa shape index (κ2) is 5.83. The Morgan fingerprint density at radius 3 is 2.78 bits per heavy atom. The van der Waals surface area contributed by atoms with Gasteiger partial charge in [-0.15, -0.1) is 0 Å². The van der Waals surface area contributed by atoms with Crippen LogP contribution in [-0.4, -0.2) is 54.2 Å². The van der Waals surface area contributed by atoms with Crippen LogP contribution in [-0.2, 0) is 4.79 Å². The standard InChI is InChI=1S/C14H26N2OS/c1-3-16-8-4-5-12(16)10-15(2)13(17)9-14(11-18)6-7-14/h12,18H,3-11H2,1-2H3. The normalized spacial score (nSPS) is 26.3. The van der Waals surface area contributed by atoms with E-state index in [0.29, 0.717) is 18.4 Å². The van der Waals surface area contributed by atoms with E-state index in [2.05, 4.69) is 24.5 Å². The first-order valence-electron chi connectivity index (χ1n) is 7.19. The Morgan fingerprint density at radius 1 is 1.50 bits per heavy atom. The molecule has 18 heavy (non-hydrogen) atoms. The molecule has 0 N–H and O–H groups in total. The third-order valence-electron chi connectivity index (χ3n) is 4.63. The summed E-state index contributed by atoms with van der Waals surface area (Å²) in [6.45, 7) is 5.41. The zero-order valence-electron chi connectivity index (χ0n) is 11.7. The fraction of sp³-hybridized carbons (Fsp3) is 0.929. The Bertz CT molecular complexity index is 304. The maximum absolute atomic E-state index is 12.2. The number of thiol groups is 1. The van der Waals surface area contributed by atoms with Gasteiger partial charge in [-0.2, -0.15) is 12.6 Å². The molecule has 0 aromatic carbocycles. The molecule has 104 valence electrons. The van der Waals surface area contributed by atoms with Crippen LogP contribution in [0.5, 0.6) is 0 Å².